The molecule has 0 fully saturated rings. The third kappa shape index (κ3) is 2.38. The van der Waals surface area contributed by atoms with Crippen molar-refractivity contribution >= 4 is 40.9 Å². The van der Waals surface area contributed by atoms with Crippen LogP contribution in [0.25, 0.3) is 11.6 Å². The quantitative estimate of drug-likeness (QED) is 0.906. The van der Waals surface area contributed by atoms with Gasteiger partial charge in [0.15, 0.2) is 0 Å². The maximum absolute atomic E-state index is 11.7. The van der Waals surface area contributed by atoms with Crippen LogP contribution in [-0.4, -0.2) is 27.0 Å². The summed E-state index contributed by atoms with van der Waals surface area (Å²) in [6, 6.07) is 7.50. The average molecular weight is 302 g/mol. The van der Waals surface area contributed by atoms with Gasteiger partial charge in [0.25, 0.3) is 0 Å². The molecule has 2 heterocycles. The Hall–Kier alpha value is -2.67. The molecule has 0 aliphatic carbocycles. The molecule has 1 aliphatic rings. The van der Waals surface area contributed by atoms with E-state index in [0.717, 1.165) is 32.7 Å². The van der Waals surface area contributed by atoms with Gasteiger partial charge < -0.3 is 10.2 Å². The van der Waals surface area contributed by atoms with Crippen LogP contribution in [0.3, 0.4) is 0 Å². The predicted molar refractivity (Wildman–Crippen MR) is 80.3 cm³/mol. The third-order valence-corrected chi connectivity index (χ3v) is 3.95. The van der Waals surface area contributed by atoms with Gasteiger partial charge in [-0.3, -0.25) is 19.1 Å². The number of allylic oxidation sites excluding steroid dienone is 1. The summed E-state index contributed by atoms with van der Waals surface area (Å²) in [6.45, 7) is -0.560. The number of carboxylic acids is 1. The van der Waals surface area contributed by atoms with Crippen LogP contribution in [0.1, 0.15) is 10.4 Å². The van der Waals surface area contributed by atoms with Crippen molar-refractivity contribution in [1.82, 2.24) is 4.57 Å². The van der Waals surface area contributed by atoms with Crippen LogP contribution < -0.4 is 4.87 Å². The Morgan fingerprint density at radius 2 is 2.14 bits per heavy atom. The molecule has 2 N–H and O–H groups in total. The van der Waals surface area contributed by atoms with Crippen molar-refractivity contribution < 1.29 is 15.0 Å². The molecule has 21 heavy (non-hydrogen) atoms. The number of benzene rings is 1. The first-order valence-electron chi connectivity index (χ1n) is 6.06. The number of hydrogen-bond donors (Lipinski definition) is 2. The SMILES string of the molecule is O=C(O)Cn1c(O)c(/C=C2/C=Nc3ccccc32)sc1=O. The van der Waals surface area contributed by atoms with Crippen LogP contribution in [0.5, 0.6) is 5.88 Å². The van der Waals surface area contributed by atoms with E-state index in [1.54, 1.807) is 12.3 Å². The van der Waals surface area contributed by atoms with E-state index in [4.69, 9.17) is 5.11 Å². The molecule has 0 amide bonds. The molecule has 3 rings (SSSR count). The summed E-state index contributed by atoms with van der Waals surface area (Å²) in [5, 5.41) is 18.7. The highest BCUT2D eigenvalue weighted by Gasteiger charge is 2.17. The lowest BCUT2D eigenvalue weighted by Gasteiger charge is -2.00. The van der Waals surface area contributed by atoms with Gasteiger partial charge in [-0.05, 0) is 12.1 Å². The van der Waals surface area contributed by atoms with Crippen LogP contribution in [-0.2, 0) is 11.3 Å². The van der Waals surface area contributed by atoms with Gasteiger partial charge >= 0.3 is 10.8 Å². The fourth-order valence-electron chi connectivity index (χ4n) is 2.08. The second kappa shape index (κ2) is 5.02. The number of carbonyl (C=O) groups is 1. The van der Waals surface area contributed by atoms with Gasteiger partial charge in [0.2, 0.25) is 5.88 Å². The second-order valence-electron chi connectivity index (χ2n) is 4.41. The van der Waals surface area contributed by atoms with E-state index in [0.29, 0.717) is 4.88 Å². The first kappa shape index (κ1) is 13.3. The van der Waals surface area contributed by atoms with Crippen LogP contribution in [0, 0.1) is 0 Å². The highest BCUT2D eigenvalue weighted by Crippen LogP contribution is 2.34. The molecular formula is C14H10N2O4S. The van der Waals surface area contributed by atoms with E-state index in [-0.39, 0.29) is 5.88 Å². The molecule has 0 saturated heterocycles. The zero-order chi connectivity index (χ0) is 15.0. The van der Waals surface area contributed by atoms with Crippen LogP contribution in [0.2, 0.25) is 0 Å². The summed E-state index contributed by atoms with van der Waals surface area (Å²) in [7, 11) is 0. The highest BCUT2D eigenvalue weighted by atomic mass is 32.1. The molecule has 2 aromatic rings. The number of carboxylic acid groups (broad SMARTS) is 1. The van der Waals surface area contributed by atoms with Gasteiger partial charge in [0, 0.05) is 17.4 Å². The summed E-state index contributed by atoms with van der Waals surface area (Å²) in [6.07, 6.45) is 3.28. The number of aromatic hydroxyl groups is 1. The fraction of sp³-hybridized carbons (Fsp3) is 0.0714. The van der Waals surface area contributed by atoms with E-state index < -0.39 is 17.4 Å². The first-order chi connectivity index (χ1) is 10.1. The summed E-state index contributed by atoms with van der Waals surface area (Å²) in [4.78, 5) is 26.4. The molecule has 7 heteroatoms. The predicted octanol–water partition coefficient (Wildman–Crippen LogP) is 1.96. The van der Waals surface area contributed by atoms with Gasteiger partial charge in [-0.2, -0.15) is 0 Å². The molecular weight excluding hydrogens is 292 g/mol. The number of aromatic nitrogens is 1. The number of para-hydroxylation sites is 1. The van der Waals surface area contributed by atoms with E-state index in [9.17, 15) is 14.7 Å². The van der Waals surface area contributed by atoms with Crippen molar-refractivity contribution in [1.29, 1.82) is 0 Å². The van der Waals surface area contributed by atoms with Crippen LogP contribution in [0.15, 0.2) is 34.1 Å². The van der Waals surface area contributed by atoms with Gasteiger partial charge in [0.1, 0.15) is 6.54 Å². The molecule has 0 spiro atoms. The van der Waals surface area contributed by atoms with Crippen molar-refractivity contribution in [3.63, 3.8) is 0 Å². The Balaban J connectivity index is 2.04. The second-order valence-corrected chi connectivity index (χ2v) is 5.40. The largest absolute Gasteiger partial charge is 0.493 e. The standard InChI is InChI=1S/C14H10N2O4S/c17-12(18)7-16-13(19)11(21-14(16)20)5-8-6-15-10-4-2-1-3-9(8)10/h1-6,19H,7H2,(H,17,18)/b8-5-. The fourth-order valence-corrected chi connectivity index (χ4v) is 2.91. The Morgan fingerprint density at radius 1 is 1.38 bits per heavy atom. The Labute approximate surface area is 122 Å². The van der Waals surface area contributed by atoms with Crippen LogP contribution >= 0.6 is 11.3 Å². The van der Waals surface area contributed by atoms with Crippen LogP contribution in [0.4, 0.5) is 5.69 Å². The number of thiazole rings is 1. The number of aliphatic carboxylic acids is 1. The summed E-state index contributed by atoms with van der Waals surface area (Å²) < 4.78 is 0.831. The van der Waals surface area contributed by atoms with E-state index in [1.807, 2.05) is 24.3 Å². The molecule has 0 atom stereocenters. The number of aliphatic imine (C=N–C) groups is 1. The molecule has 1 aliphatic heterocycles. The molecule has 1 aromatic carbocycles. The molecule has 0 saturated carbocycles. The topological polar surface area (TPSA) is 91.9 Å². The third-order valence-electron chi connectivity index (χ3n) is 3.03. The molecule has 0 unspecified atom stereocenters. The molecule has 6 nitrogen and oxygen atoms in total. The Bertz CT molecular complexity index is 845. The zero-order valence-electron chi connectivity index (χ0n) is 10.7. The summed E-state index contributed by atoms with van der Waals surface area (Å²) in [5.41, 5.74) is 2.49. The summed E-state index contributed by atoms with van der Waals surface area (Å²) in [5.74, 6) is -1.52. The minimum atomic E-state index is -1.18. The molecule has 1 aromatic heterocycles. The van der Waals surface area contributed by atoms with Gasteiger partial charge in [-0.15, -0.1) is 0 Å². The maximum atomic E-state index is 11.7. The maximum Gasteiger partial charge on any atom is 0.323 e. The lowest BCUT2D eigenvalue weighted by Crippen LogP contribution is -2.18. The van der Waals surface area contributed by atoms with Crippen molar-refractivity contribution in [2.24, 2.45) is 4.99 Å². The molecule has 0 radical (unpaired) electrons. The molecule has 106 valence electrons. The van der Waals surface area contributed by atoms with Crippen molar-refractivity contribution in [3.8, 4) is 5.88 Å². The zero-order valence-corrected chi connectivity index (χ0v) is 11.5. The number of fused-ring (bicyclic) bond motifs is 1. The Kier molecular flexibility index (Phi) is 3.19. The monoisotopic (exact) mass is 302 g/mol. The lowest BCUT2D eigenvalue weighted by atomic mass is 10.1. The highest BCUT2D eigenvalue weighted by molar-refractivity contribution is 7.10. The van der Waals surface area contributed by atoms with Gasteiger partial charge in [-0.25, -0.2) is 0 Å². The normalized spacial score (nSPS) is 14.6. The number of rotatable bonds is 3. The number of nitrogens with zero attached hydrogens (tertiary/aromatic N) is 2. The average Bonchev–Trinajstić information content (AvgIpc) is 2.96. The molecule has 0 bridgehead atoms. The van der Waals surface area contributed by atoms with Crippen molar-refractivity contribution in [2.75, 3.05) is 0 Å². The van der Waals surface area contributed by atoms with Gasteiger partial charge in [-0.1, -0.05) is 29.5 Å². The van der Waals surface area contributed by atoms with E-state index >= 15 is 0 Å². The smallest absolute Gasteiger partial charge is 0.323 e. The first-order valence-corrected chi connectivity index (χ1v) is 6.87. The summed E-state index contributed by atoms with van der Waals surface area (Å²) >= 11 is 0.801. The lowest BCUT2D eigenvalue weighted by molar-refractivity contribution is -0.137. The van der Waals surface area contributed by atoms with Gasteiger partial charge in [0.05, 0.1) is 10.6 Å². The Morgan fingerprint density at radius 3 is 2.90 bits per heavy atom. The van der Waals surface area contributed by atoms with Crippen molar-refractivity contribution in [3.05, 3.63) is 44.4 Å². The van der Waals surface area contributed by atoms with E-state index in [2.05, 4.69) is 4.99 Å². The number of hydrogen-bond acceptors (Lipinski definition) is 5. The minimum absolute atomic E-state index is 0.319. The van der Waals surface area contributed by atoms with E-state index in [1.165, 1.54) is 0 Å². The minimum Gasteiger partial charge on any atom is -0.493 e. The van der Waals surface area contributed by atoms with Crippen molar-refractivity contribution in [2.45, 2.75) is 6.54 Å².